The van der Waals surface area contributed by atoms with E-state index >= 15 is 0 Å². The number of carbonyl (C=O) groups is 3. The summed E-state index contributed by atoms with van der Waals surface area (Å²) < 4.78 is 5.98. The number of hydrogen-bond acceptors (Lipinski definition) is 7. The maximum atomic E-state index is 13.6. The van der Waals surface area contributed by atoms with E-state index in [9.17, 15) is 14.4 Å². The van der Waals surface area contributed by atoms with Gasteiger partial charge in [0.25, 0.3) is 5.91 Å². The number of aryl methyl sites for hydroxylation is 1. The van der Waals surface area contributed by atoms with Gasteiger partial charge in [-0.15, -0.1) is 11.3 Å². The molecule has 3 N–H and O–H groups in total. The average Bonchev–Trinajstić information content (AvgIpc) is 3.39. The van der Waals surface area contributed by atoms with Crippen molar-refractivity contribution in [3.63, 3.8) is 0 Å². The molecule has 45 heavy (non-hydrogen) atoms. The molecule has 1 aliphatic heterocycles. The first-order valence-corrected chi connectivity index (χ1v) is 15.9. The Labute approximate surface area is 266 Å². The van der Waals surface area contributed by atoms with Crippen molar-refractivity contribution in [1.29, 1.82) is 0 Å². The number of pyridine rings is 1. The first-order chi connectivity index (χ1) is 21.8. The summed E-state index contributed by atoms with van der Waals surface area (Å²) in [6.07, 6.45) is 8.16. The number of carbonyl (C=O) groups excluding carboxylic acids is 3. The van der Waals surface area contributed by atoms with E-state index in [1.54, 1.807) is 23.2 Å². The number of para-hydroxylation sites is 1. The molecule has 0 bridgehead atoms. The fourth-order valence-corrected chi connectivity index (χ4v) is 6.83. The Kier molecular flexibility index (Phi) is 8.81. The third-order valence-corrected chi connectivity index (χ3v) is 9.09. The zero-order chi connectivity index (χ0) is 31.5. The molecule has 6 rings (SSSR count). The molecule has 11 heteroatoms. The third kappa shape index (κ3) is 6.69. The van der Waals surface area contributed by atoms with E-state index in [0.717, 1.165) is 42.4 Å². The van der Waals surface area contributed by atoms with Crippen LogP contribution in [-0.4, -0.2) is 60.5 Å². The molecule has 2 aromatic carbocycles. The summed E-state index contributed by atoms with van der Waals surface area (Å²) in [4.78, 5) is 48.6. The summed E-state index contributed by atoms with van der Waals surface area (Å²) in [7, 11) is 3.90. The molecule has 0 spiro atoms. The number of ether oxygens (including phenoxy) is 1. The van der Waals surface area contributed by atoms with Crippen molar-refractivity contribution in [2.45, 2.75) is 44.7 Å². The molecule has 3 heterocycles. The molecule has 10 nitrogen and oxygen atoms in total. The first kappa shape index (κ1) is 30.3. The number of aromatic nitrogens is 1. The maximum Gasteiger partial charge on any atom is 0.331 e. The number of benzene rings is 2. The molecule has 2 aliphatic rings. The van der Waals surface area contributed by atoms with E-state index in [2.05, 4.69) is 20.9 Å². The van der Waals surface area contributed by atoms with Gasteiger partial charge in [0.2, 0.25) is 5.91 Å². The van der Waals surface area contributed by atoms with Gasteiger partial charge in [-0.1, -0.05) is 24.3 Å². The Morgan fingerprint density at radius 1 is 1.02 bits per heavy atom. The molecule has 0 radical (unpaired) electrons. The quantitative estimate of drug-likeness (QED) is 0.187. The predicted octanol–water partition coefficient (Wildman–Crippen LogP) is 6.36. The van der Waals surface area contributed by atoms with E-state index in [4.69, 9.17) is 4.74 Å². The van der Waals surface area contributed by atoms with Gasteiger partial charge in [-0.25, -0.2) is 9.78 Å². The van der Waals surface area contributed by atoms with Crippen molar-refractivity contribution in [3.8, 4) is 11.5 Å². The summed E-state index contributed by atoms with van der Waals surface area (Å²) in [6, 6.07) is 16.7. The molecule has 0 saturated heterocycles. The fraction of sp³-hybridized carbons (Fsp3) is 0.294. The van der Waals surface area contributed by atoms with Gasteiger partial charge in [-0.05, 0) is 88.7 Å². The summed E-state index contributed by atoms with van der Waals surface area (Å²) in [6.45, 7) is 2.64. The average molecular weight is 625 g/mol. The molecule has 1 aliphatic carbocycles. The van der Waals surface area contributed by atoms with Crippen LogP contribution in [0.4, 0.5) is 21.9 Å². The monoisotopic (exact) mass is 624 g/mol. The van der Waals surface area contributed by atoms with Gasteiger partial charge in [-0.2, -0.15) is 0 Å². The van der Waals surface area contributed by atoms with Crippen LogP contribution in [0, 0.1) is 6.92 Å². The molecule has 4 amide bonds. The number of thiophene rings is 1. The zero-order valence-electron chi connectivity index (χ0n) is 25.5. The van der Waals surface area contributed by atoms with Crippen LogP contribution in [0.2, 0.25) is 0 Å². The van der Waals surface area contributed by atoms with Crippen molar-refractivity contribution < 1.29 is 19.1 Å². The summed E-state index contributed by atoms with van der Waals surface area (Å²) in [5.74, 6) is 1.08. The van der Waals surface area contributed by atoms with E-state index in [0.29, 0.717) is 39.1 Å². The van der Waals surface area contributed by atoms with Gasteiger partial charge in [-0.3, -0.25) is 14.5 Å². The molecule has 2 aromatic heterocycles. The second kappa shape index (κ2) is 13.1. The fourth-order valence-electron chi connectivity index (χ4n) is 5.80. The van der Waals surface area contributed by atoms with Gasteiger partial charge < -0.3 is 25.6 Å². The lowest BCUT2D eigenvalue weighted by Crippen LogP contribution is -2.43. The van der Waals surface area contributed by atoms with E-state index in [-0.39, 0.29) is 29.9 Å². The van der Waals surface area contributed by atoms with Crippen LogP contribution in [0.1, 0.15) is 40.9 Å². The Hall–Kier alpha value is -4.74. The maximum absolute atomic E-state index is 13.6. The van der Waals surface area contributed by atoms with Crippen molar-refractivity contribution in [2.24, 2.45) is 0 Å². The Bertz CT molecular complexity index is 1760. The van der Waals surface area contributed by atoms with E-state index < -0.39 is 0 Å². The highest BCUT2D eigenvalue weighted by Gasteiger charge is 2.34. The zero-order valence-corrected chi connectivity index (χ0v) is 26.3. The van der Waals surface area contributed by atoms with Crippen molar-refractivity contribution in [2.75, 3.05) is 30.9 Å². The van der Waals surface area contributed by atoms with Crippen LogP contribution in [0.3, 0.4) is 0 Å². The van der Waals surface area contributed by atoms with Gasteiger partial charge in [0.1, 0.15) is 21.2 Å². The molecular weight excluding hydrogens is 588 g/mol. The topological polar surface area (TPSA) is 116 Å². The van der Waals surface area contributed by atoms with Crippen molar-refractivity contribution in [1.82, 2.24) is 20.5 Å². The third-order valence-electron chi connectivity index (χ3n) is 7.99. The smallest absolute Gasteiger partial charge is 0.331 e. The minimum atomic E-state index is -0.349. The summed E-state index contributed by atoms with van der Waals surface area (Å²) in [5, 5.41) is 9.95. The highest BCUT2D eigenvalue weighted by Crippen LogP contribution is 2.46. The number of rotatable bonds is 9. The van der Waals surface area contributed by atoms with Gasteiger partial charge in [0, 0.05) is 30.9 Å². The predicted molar refractivity (Wildman–Crippen MR) is 178 cm³/mol. The van der Waals surface area contributed by atoms with Gasteiger partial charge in [0.15, 0.2) is 0 Å². The highest BCUT2D eigenvalue weighted by molar-refractivity contribution is 7.21. The molecule has 0 unspecified atom stereocenters. The Morgan fingerprint density at radius 3 is 2.47 bits per heavy atom. The minimum Gasteiger partial charge on any atom is -0.457 e. The molecule has 1 fully saturated rings. The van der Waals surface area contributed by atoms with Gasteiger partial charge >= 0.3 is 6.03 Å². The second-order valence-corrected chi connectivity index (χ2v) is 12.6. The van der Waals surface area contributed by atoms with Crippen molar-refractivity contribution >= 4 is 56.5 Å². The van der Waals surface area contributed by atoms with Crippen LogP contribution in [0.15, 0.2) is 72.9 Å². The van der Waals surface area contributed by atoms with Crippen LogP contribution in [0.25, 0.3) is 10.2 Å². The van der Waals surface area contributed by atoms with Crippen LogP contribution in [0.5, 0.6) is 11.5 Å². The SMILES string of the molecule is Cc1cc(Oc2ccccc2)ccc1N1C(=O)Nc2c(C(=O)N[C@H]3CC[C@H](NC(=O)/C=C/CN(C)C)CC3)sc3nccc1c23. The normalized spacial score (nSPS) is 17.9. The lowest BCUT2D eigenvalue weighted by Gasteiger charge is -2.30. The number of likely N-dealkylation sites (N-methyl/N-ethyl adjacent to an activating group) is 1. The largest absolute Gasteiger partial charge is 0.457 e. The minimum absolute atomic E-state index is 0.0187. The van der Waals surface area contributed by atoms with Crippen LogP contribution < -0.4 is 25.6 Å². The van der Waals surface area contributed by atoms with Crippen LogP contribution >= 0.6 is 11.3 Å². The summed E-state index contributed by atoms with van der Waals surface area (Å²) in [5.41, 5.74) is 2.73. The molecule has 4 aromatic rings. The number of amides is 4. The molecular formula is C34H36N6O4S. The molecule has 1 saturated carbocycles. The lowest BCUT2D eigenvalue weighted by molar-refractivity contribution is -0.117. The summed E-state index contributed by atoms with van der Waals surface area (Å²) >= 11 is 1.27. The number of anilines is 3. The van der Waals surface area contributed by atoms with Gasteiger partial charge in [0.05, 0.1) is 22.4 Å². The highest BCUT2D eigenvalue weighted by atomic mass is 32.1. The number of nitrogens with zero attached hydrogens (tertiary/aromatic N) is 3. The standard InChI is InChI=1S/C34H36N6O4S/c1-21-20-25(44-24-8-5-4-6-9-24)15-16-26(21)40-27-17-18-35-33-29(27)30(38-34(40)43)31(45-33)32(42)37-23-13-11-22(12-14-23)36-28(41)10-7-19-39(2)3/h4-10,15-18,20,22-23H,11-14,19H2,1-3H3,(H,36,41)(H,37,42)(H,38,43)/b10-7+/t22-,23-. The van der Waals surface area contributed by atoms with Crippen molar-refractivity contribution in [3.05, 3.63) is 83.4 Å². The van der Waals surface area contributed by atoms with Crippen LogP contribution in [-0.2, 0) is 4.79 Å². The lowest BCUT2D eigenvalue weighted by atomic mass is 9.91. The Balaban J connectivity index is 1.15. The van der Waals surface area contributed by atoms with E-state index in [1.165, 1.54) is 11.3 Å². The van der Waals surface area contributed by atoms with E-state index in [1.807, 2.05) is 80.5 Å². The number of urea groups is 1. The Morgan fingerprint density at radius 2 is 1.76 bits per heavy atom. The second-order valence-electron chi connectivity index (χ2n) is 11.6. The number of nitrogens with one attached hydrogen (secondary N) is 3. The number of hydrogen-bond donors (Lipinski definition) is 3. The molecule has 0 atom stereocenters. The first-order valence-electron chi connectivity index (χ1n) is 15.1. The molecule has 232 valence electrons.